The van der Waals surface area contributed by atoms with Crippen molar-refractivity contribution in [3.05, 3.63) is 29.3 Å². The number of aliphatic hydroxyl groups is 1. The number of nitrogens with zero attached hydrogens (tertiary/aromatic N) is 2. The Hall–Kier alpha value is -1.46. The fourth-order valence-electron chi connectivity index (χ4n) is 7.51. The maximum absolute atomic E-state index is 13.4. The first-order chi connectivity index (χ1) is 14.0. The first kappa shape index (κ1) is 18.3. The lowest BCUT2D eigenvalue weighted by Gasteiger charge is -2.60. The summed E-state index contributed by atoms with van der Waals surface area (Å²) in [5.41, 5.74) is 0.673. The summed E-state index contributed by atoms with van der Waals surface area (Å²) in [5, 5.41) is 12.2. The lowest BCUT2D eigenvalue weighted by Crippen LogP contribution is -2.56. The highest BCUT2D eigenvalue weighted by Gasteiger charge is 2.57. The van der Waals surface area contributed by atoms with E-state index in [0.717, 1.165) is 63.6 Å². The Morgan fingerprint density at radius 1 is 1.21 bits per heavy atom. The lowest BCUT2D eigenvalue weighted by molar-refractivity contribution is -0.172. The number of benzene rings is 1. The average molecular weight is 411 g/mol. The van der Waals surface area contributed by atoms with E-state index >= 15 is 0 Å². The van der Waals surface area contributed by atoms with Gasteiger partial charge < -0.3 is 10.0 Å². The number of hydrogen-bond acceptors (Lipinski definition) is 4. The molecule has 7 rings (SSSR count). The van der Waals surface area contributed by atoms with Crippen LogP contribution in [0.5, 0.6) is 0 Å². The zero-order chi connectivity index (χ0) is 19.6. The van der Waals surface area contributed by atoms with Gasteiger partial charge >= 0.3 is 0 Å². The molecular weight excluding hydrogens is 380 g/mol. The molecule has 2 aromatic rings. The molecule has 4 saturated carbocycles. The number of para-hydroxylation sites is 1. The fourth-order valence-corrected chi connectivity index (χ4v) is 8.60. The van der Waals surface area contributed by atoms with Crippen molar-refractivity contribution in [2.24, 2.45) is 17.3 Å². The van der Waals surface area contributed by atoms with Crippen molar-refractivity contribution in [3.63, 3.8) is 0 Å². The molecule has 29 heavy (non-hydrogen) atoms. The Labute approximate surface area is 176 Å². The molecule has 5 heteroatoms. The van der Waals surface area contributed by atoms with E-state index in [4.69, 9.17) is 4.98 Å². The smallest absolute Gasteiger partial charge is 0.223 e. The van der Waals surface area contributed by atoms with E-state index in [9.17, 15) is 9.90 Å². The molecule has 1 aromatic carbocycles. The minimum Gasteiger partial charge on any atom is -0.390 e. The first-order valence-corrected chi connectivity index (χ1v) is 12.2. The molecule has 1 aromatic heterocycles. The number of aromatic nitrogens is 1. The van der Waals surface area contributed by atoms with Crippen molar-refractivity contribution in [2.75, 3.05) is 13.1 Å². The van der Waals surface area contributed by atoms with Gasteiger partial charge in [0.2, 0.25) is 5.91 Å². The van der Waals surface area contributed by atoms with E-state index < -0.39 is 5.60 Å². The zero-order valence-electron chi connectivity index (χ0n) is 17.0. The second-order valence-electron chi connectivity index (χ2n) is 10.6. The third kappa shape index (κ3) is 3.21. The summed E-state index contributed by atoms with van der Waals surface area (Å²) in [6, 6.07) is 8.33. The molecule has 5 atom stereocenters. The molecule has 1 N–H and O–H groups in total. The number of fused-ring (bicyclic) bond motifs is 1. The number of rotatable bonds is 3. The topological polar surface area (TPSA) is 53.4 Å². The van der Waals surface area contributed by atoms with Crippen LogP contribution in [-0.2, 0) is 4.79 Å². The summed E-state index contributed by atoms with van der Waals surface area (Å²) in [4.78, 5) is 20.3. The standard InChI is InChI=1S/C24H30N2O2S/c27-21(13-23-9-16-8-17(10-23)12-24(28,11-16)15-23)26-7-3-4-18(14-26)22-25-19-5-1-2-6-20(19)29-22/h1-2,5-6,16-18,28H,3-4,7-15H2/t16-,17+,18-,23?,24?/m1/s1. The molecule has 4 aliphatic carbocycles. The molecule has 154 valence electrons. The Bertz CT molecular complexity index is 906. The van der Waals surface area contributed by atoms with E-state index in [0.29, 0.717) is 30.1 Å². The second-order valence-corrected chi connectivity index (χ2v) is 11.6. The average Bonchev–Trinajstić information content (AvgIpc) is 3.10. The molecule has 4 nitrogen and oxygen atoms in total. The molecule has 5 aliphatic rings. The van der Waals surface area contributed by atoms with Gasteiger partial charge in [-0.25, -0.2) is 4.98 Å². The van der Waals surface area contributed by atoms with Crippen LogP contribution in [0.3, 0.4) is 0 Å². The SMILES string of the molecule is O=C(CC12C[C@@H]3C[C@@H](CC(O)(C3)C1)C2)N1CCC[C@@H](c2nc3ccccc3s2)C1. The van der Waals surface area contributed by atoms with Gasteiger partial charge in [-0.05, 0) is 80.8 Å². The number of amides is 1. The minimum atomic E-state index is -0.476. The van der Waals surface area contributed by atoms with Crippen LogP contribution in [0, 0.1) is 17.3 Å². The van der Waals surface area contributed by atoms with Crippen molar-refractivity contribution in [3.8, 4) is 0 Å². The summed E-state index contributed by atoms with van der Waals surface area (Å²) in [7, 11) is 0. The molecule has 2 unspecified atom stereocenters. The second kappa shape index (κ2) is 6.52. The minimum absolute atomic E-state index is 0.0682. The lowest BCUT2D eigenvalue weighted by atomic mass is 9.47. The van der Waals surface area contributed by atoms with E-state index in [1.807, 2.05) is 6.07 Å². The Balaban J connectivity index is 1.18. The highest BCUT2D eigenvalue weighted by Crippen LogP contribution is 2.63. The third-order valence-corrected chi connectivity index (χ3v) is 9.31. The molecular formula is C24H30N2O2S. The van der Waals surface area contributed by atoms with Gasteiger partial charge in [0, 0.05) is 25.4 Å². The summed E-state index contributed by atoms with van der Waals surface area (Å²) < 4.78 is 1.24. The van der Waals surface area contributed by atoms with Gasteiger partial charge in [0.15, 0.2) is 0 Å². The van der Waals surface area contributed by atoms with E-state index in [2.05, 4.69) is 23.1 Å². The fraction of sp³-hybridized carbons (Fsp3) is 0.667. The van der Waals surface area contributed by atoms with Gasteiger partial charge in [0.25, 0.3) is 0 Å². The molecule has 5 fully saturated rings. The van der Waals surface area contributed by atoms with Gasteiger partial charge in [-0.1, -0.05) is 12.1 Å². The molecule has 1 aliphatic heterocycles. The van der Waals surface area contributed by atoms with Crippen molar-refractivity contribution in [2.45, 2.75) is 69.3 Å². The van der Waals surface area contributed by atoms with E-state index in [1.165, 1.54) is 16.1 Å². The predicted molar refractivity (Wildman–Crippen MR) is 115 cm³/mol. The predicted octanol–water partition coefficient (Wildman–Crippen LogP) is 4.72. The highest BCUT2D eigenvalue weighted by atomic mass is 32.1. The number of hydrogen-bond donors (Lipinski definition) is 1. The van der Waals surface area contributed by atoms with E-state index in [1.54, 1.807) is 11.3 Å². The Kier molecular flexibility index (Phi) is 4.12. The normalized spacial score (nSPS) is 38.7. The number of carbonyl (C=O) groups is 1. The van der Waals surface area contributed by atoms with Gasteiger partial charge in [-0.3, -0.25) is 4.79 Å². The summed E-state index contributed by atoms with van der Waals surface area (Å²) in [6.45, 7) is 1.69. The van der Waals surface area contributed by atoms with Crippen LogP contribution < -0.4 is 0 Å². The van der Waals surface area contributed by atoms with Gasteiger partial charge in [-0.15, -0.1) is 11.3 Å². The maximum Gasteiger partial charge on any atom is 0.223 e. The van der Waals surface area contributed by atoms with Gasteiger partial charge in [-0.2, -0.15) is 0 Å². The molecule has 1 amide bonds. The van der Waals surface area contributed by atoms with Crippen LogP contribution in [0.2, 0.25) is 0 Å². The van der Waals surface area contributed by atoms with Gasteiger partial charge in [0.05, 0.1) is 20.8 Å². The summed E-state index contributed by atoms with van der Waals surface area (Å²) in [6.07, 6.45) is 9.24. The van der Waals surface area contributed by atoms with Crippen molar-refractivity contribution in [1.82, 2.24) is 9.88 Å². The number of carbonyl (C=O) groups excluding carboxylic acids is 1. The van der Waals surface area contributed by atoms with Crippen molar-refractivity contribution >= 4 is 27.5 Å². The van der Waals surface area contributed by atoms with Crippen LogP contribution in [0.1, 0.15) is 68.7 Å². The van der Waals surface area contributed by atoms with Crippen LogP contribution in [-0.4, -0.2) is 39.6 Å². The monoisotopic (exact) mass is 410 g/mol. The third-order valence-electron chi connectivity index (χ3n) is 8.11. The quantitative estimate of drug-likeness (QED) is 0.796. The Morgan fingerprint density at radius 3 is 2.76 bits per heavy atom. The number of piperidine rings is 1. The van der Waals surface area contributed by atoms with Crippen molar-refractivity contribution < 1.29 is 9.90 Å². The van der Waals surface area contributed by atoms with E-state index in [-0.39, 0.29) is 5.41 Å². The summed E-state index contributed by atoms with van der Waals surface area (Å²) in [5.74, 6) is 1.98. The molecule has 4 bridgehead atoms. The van der Waals surface area contributed by atoms with Crippen LogP contribution >= 0.6 is 11.3 Å². The molecule has 2 heterocycles. The first-order valence-electron chi connectivity index (χ1n) is 11.3. The summed E-state index contributed by atoms with van der Waals surface area (Å²) >= 11 is 1.79. The van der Waals surface area contributed by atoms with Gasteiger partial charge in [0.1, 0.15) is 0 Å². The Morgan fingerprint density at radius 2 is 2.00 bits per heavy atom. The number of thiazole rings is 1. The van der Waals surface area contributed by atoms with Crippen LogP contribution in [0.25, 0.3) is 10.2 Å². The molecule has 1 saturated heterocycles. The highest BCUT2D eigenvalue weighted by molar-refractivity contribution is 7.18. The molecule has 0 spiro atoms. The zero-order valence-corrected chi connectivity index (χ0v) is 17.8. The van der Waals surface area contributed by atoms with Crippen LogP contribution in [0.15, 0.2) is 24.3 Å². The van der Waals surface area contributed by atoms with Crippen LogP contribution in [0.4, 0.5) is 0 Å². The van der Waals surface area contributed by atoms with Crippen molar-refractivity contribution in [1.29, 1.82) is 0 Å². The number of likely N-dealkylation sites (tertiary alicyclic amines) is 1. The largest absolute Gasteiger partial charge is 0.390 e. The molecule has 0 radical (unpaired) electrons. The maximum atomic E-state index is 13.4.